The Morgan fingerprint density at radius 2 is 1.94 bits per heavy atom. The van der Waals surface area contributed by atoms with E-state index in [0.717, 1.165) is 9.75 Å². The van der Waals surface area contributed by atoms with Gasteiger partial charge in [0.05, 0.1) is 10.5 Å². The molecule has 86 valence electrons. The highest BCUT2D eigenvalue weighted by Crippen LogP contribution is 2.23. The van der Waals surface area contributed by atoms with Gasteiger partial charge in [-0.1, -0.05) is 18.2 Å². The zero-order valence-corrected chi connectivity index (χ0v) is 10.1. The largest absolute Gasteiger partial charge is 0.277 e. The lowest BCUT2D eigenvalue weighted by Crippen LogP contribution is -1.96. The van der Waals surface area contributed by atoms with Crippen LogP contribution in [0.1, 0.15) is 15.3 Å². The maximum atomic E-state index is 11.1. The van der Waals surface area contributed by atoms with Gasteiger partial charge in [0.25, 0.3) is 5.70 Å². The highest BCUT2D eigenvalue weighted by atomic mass is 32.1. The molecule has 0 unspecified atom stereocenters. The minimum absolute atomic E-state index is 0.132. The molecule has 0 aliphatic heterocycles. The number of thiophene rings is 1. The van der Waals surface area contributed by atoms with Gasteiger partial charge < -0.3 is 0 Å². The van der Waals surface area contributed by atoms with Gasteiger partial charge in [0.15, 0.2) is 0 Å². The van der Waals surface area contributed by atoms with Gasteiger partial charge in [-0.25, -0.2) is 0 Å². The molecule has 2 aromatic rings. The fourth-order valence-electron chi connectivity index (χ4n) is 1.52. The number of benzene rings is 1. The third kappa shape index (κ3) is 2.79. The molecule has 1 heterocycles. The predicted molar refractivity (Wildman–Crippen MR) is 70.4 cm³/mol. The van der Waals surface area contributed by atoms with Crippen molar-refractivity contribution in [3.63, 3.8) is 0 Å². The summed E-state index contributed by atoms with van der Waals surface area (Å²) in [5.74, 6) is 0. The van der Waals surface area contributed by atoms with Crippen molar-refractivity contribution in [2.45, 2.75) is 6.92 Å². The molecule has 0 fully saturated rings. The second-order valence-corrected chi connectivity index (χ2v) is 4.92. The van der Waals surface area contributed by atoms with Gasteiger partial charge in [-0.15, -0.1) is 11.3 Å². The van der Waals surface area contributed by atoms with Crippen molar-refractivity contribution < 1.29 is 4.92 Å². The maximum Gasteiger partial charge on any atom is 0.277 e. The second kappa shape index (κ2) is 4.93. The van der Waals surface area contributed by atoms with Crippen molar-refractivity contribution in [3.05, 3.63) is 67.9 Å². The summed E-state index contributed by atoms with van der Waals surface area (Å²) in [7, 11) is 0. The molecule has 3 nitrogen and oxygen atoms in total. The Morgan fingerprint density at radius 1 is 1.24 bits per heavy atom. The Hall–Kier alpha value is -1.94. The van der Waals surface area contributed by atoms with E-state index in [4.69, 9.17) is 0 Å². The van der Waals surface area contributed by atoms with Gasteiger partial charge in [-0.3, -0.25) is 10.1 Å². The molecule has 0 bridgehead atoms. The Bertz CT molecular complexity index is 558. The Labute approximate surface area is 103 Å². The van der Waals surface area contributed by atoms with Crippen LogP contribution in [0.15, 0.2) is 42.5 Å². The van der Waals surface area contributed by atoms with E-state index in [1.54, 1.807) is 41.7 Å². The van der Waals surface area contributed by atoms with E-state index >= 15 is 0 Å². The van der Waals surface area contributed by atoms with Gasteiger partial charge in [0.1, 0.15) is 0 Å². The average Bonchev–Trinajstić information content (AvgIpc) is 2.73. The van der Waals surface area contributed by atoms with Crippen LogP contribution in [0.3, 0.4) is 0 Å². The van der Waals surface area contributed by atoms with Gasteiger partial charge in [-0.2, -0.15) is 0 Å². The number of nitrogens with zero attached hydrogens (tertiary/aromatic N) is 1. The van der Waals surface area contributed by atoms with Crippen molar-refractivity contribution >= 4 is 23.1 Å². The fourth-order valence-corrected chi connectivity index (χ4v) is 2.33. The van der Waals surface area contributed by atoms with Gasteiger partial charge in [0, 0.05) is 15.8 Å². The van der Waals surface area contributed by atoms with E-state index in [1.165, 1.54) is 0 Å². The highest BCUT2D eigenvalue weighted by Gasteiger charge is 2.13. The van der Waals surface area contributed by atoms with Crippen molar-refractivity contribution in [1.29, 1.82) is 0 Å². The third-order valence-corrected chi connectivity index (χ3v) is 3.25. The Kier molecular flexibility index (Phi) is 3.35. The summed E-state index contributed by atoms with van der Waals surface area (Å²) in [5, 5.41) is 11.1. The van der Waals surface area contributed by atoms with Crippen molar-refractivity contribution in [3.8, 4) is 0 Å². The van der Waals surface area contributed by atoms with E-state index in [-0.39, 0.29) is 10.6 Å². The predicted octanol–water partition coefficient (Wildman–Crippen LogP) is 3.83. The standard InChI is InChI=1S/C13H11NO2S/c1-10-7-8-12(17-10)9-13(14(15)16)11-5-3-2-4-6-11/h2-9H,1H3. The first kappa shape index (κ1) is 11.5. The summed E-state index contributed by atoms with van der Waals surface area (Å²) >= 11 is 1.55. The van der Waals surface area contributed by atoms with Gasteiger partial charge in [0.2, 0.25) is 0 Å². The molecule has 0 spiro atoms. The summed E-state index contributed by atoms with van der Waals surface area (Å²) in [6, 6.07) is 12.8. The molecule has 2 rings (SSSR count). The maximum absolute atomic E-state index is 11.1. The molecule has 0 atom stereocenters. The number of nitro groups is 1. The number of hydrogen-bond acceptors (Lipinski definition) is 3. The summed E-state index contributed by atoms with van der Waals surface area (Å²) in [4.78, 5) is 12.8. The quantitative estimate of drug-likeness (QED) is 0.609. The molecule has 1 aromatic carbocycles. The van der Waals surface area contributed by atoms with Crippen LogP contribution in [0.5, 0.6) is 0 Å². The lowest BCUT2D eigenvalue weighted by Gasteiger charge is -1.97. The Balaban J connectivity index is 2.43. The molecule has 17 heavy (non-hydrogen) atoms. The van der Waals surface area contributed by atoms with Crippen molar-refractivity contribution in [1.82, 2.24) is 0 Å². The summed E-state index contributed by atoms with van der Waals surface area (Å²) in [5.41, 5.74) is 0.760. The second-order valence-electron chi connectivity index (χ2n) is 3.60. The topological polar surface area (TPSA) is 43.1 Å². The van der Waals surface area contributed by atoms with Crippen molar-refractivity contribution in [2.75, 3.05) is 0 Å². The normalized spacial score (nSPS) is 11.5. The smallest absolute Gasteiger partial charge is 0.258 e. The monoisotopic (exact) mass is 245 g/mol. The zero-order valence-electron chi connectivity index (χ0n) is 9.29. The van der Waals surface area contributed by atoms with Crippen LogP contribution < -0.4 is 0 Å². The molecule has 4 heteroatoms. The molecular weight excluding hydrogens is 234 g/mol. The van der Waals surface area contributed by atoms with E-state index < -0.39 is 0 Å². The van der Waals surface area contributed by atoms with Crippen LogP contribution in [0.4, 0.5) is 0 Å². The molecule has 0 saturated heterocycles. The summed E-state index contributed by atoms with van der Waals surface area (Å²) < 4.78 is 0. The first-order chi connectivity index (χ1) is 8.16. The number of hydrogen-bond donors (Lipinski definition) is 0. The first-order valence-electron chi connectivity index (χ1n) is 5.15. The van der Waals surface area contributed by atoms with Crippen LogP contribution in [-0.4, -0.2) is 4.92 Å². The fraction of sp³-hybridized carbons (Fsp3) is 0.0769. The molecule has 0 aliphatic carbocycles. The van der Waals surface area contributed by atoms with Crippen molar-refractivity contribution in [2.24, 2.45) is 0 Å². The van der Waals surface area contributed by atoms with Crippen LogP contribution in [-0.2, 0) is 0 Å². The highest BCUT2D eigenvalue weighted by molar-refractivity contribution is 7.12. The average molecular weight is 245 g/mol. The number of rotatable bonds is 3. The van der Waals surface area contributed by atoms with Crippen LogP contribution in [0, 0.1) is 17.0 Å². The zero-order chi connectivity index (χ0) is 12.3. The summed E-state index contributed by atoms with van der Waals surface area (Å²) in [6.07, 6.45) is 1.62. The van der Waals surface area contributed by atoms with E-state index in [2.05, 4.69) is 0 Å². The lowest BCUT2D eigenvalue weighted by molar-refractivity contribution is -0.374. The van der Waals surface area contributed by atoms with E-state index in [0.29, 0.717) is 5.56 Å². The van der Waals surface area contributed by atoms with E-state index in [9.17, 15) is 10.1 Å². The molecule has 0 amide bonds. The molecule has 0 aliphatic rings. The van der Waals surface area contributed by atoms with Gasteiger partial charge in [-0.05, 0) is 31.2 Å². The lowest BCUT2D eigenvalue weighted by atomic mass is 10.1. The molecule has 0 saturated carbocycles. The van der Waals surface area contributed by atoms with Gasteiger partial charge >= 0.3 is 0 Å². The number of aryl methyl sites for hydroxylation is 1. The Morgan fingerprint density at radius 3 is 2.47 bits per heavy atom. The minimum Gasteiger partial charge on any atom is -0.258 e. The third-order valence-electron chi connectivity index (χ3n) is 2.31. The van der Waals surface area contributed by atoms with E-state index in [1.807, 2.05) is 25.1 Å². The molecule has 0 N–H and O–H groups in total. The SMILES string of the molecule is Cc1ccc(C=C(c2ccccc2)[N+](=O)[O-])s1. The summed E-state index contributed by atoms with van der Waals surface area (Å²) in [6.45, 7) is 1.98. The molecular formula is C13H11NO2S. The minimum atomic E-state index is -0.343. The molecule has 1 aromatic heterocycles. The van der Waals surface area contributed by atoms with Crippen LogP contribution >= 0.6 is 11.3 Å². The molecule has 0 radical (unpaired) electrons. The van der Waals surface area contributed by atoms with Crippen LogP contribution in [0.2, 0.25) is 0 Å². The first-order valence-corrected chi connectivity index (χ1v) is 5.96. The van der Waals surface area contributed by atoms with Crippen LogP contribution in [0.25, 0.3) is 11.8 Å².